The number of likely N-dealkylation sites (tertiary alicyclic amines) is 1. The standard InChI is InChI=1S/C24H26N4O3S2/c1-16(29)25-12-2-5-17-8-10-18(11-9-17)19-15-33-24(26-19)27-22(30)20-6-3-13-28(20)23(31)21-7-4-14-32-21/h4,7-11,14-15,20H,2-3,5-6,12-13H2,1H3,(H,25,29)(H,26,27,30). The van der Waals surface area contributed by atoms with Crippen LogP contribution in [0.1, 0.15) is 41.4 Å². The Balaban J connectivity index is 1.34. The highest BCUT2D eigenvalue weighted by molar-refractivity contribution is 7.14. The van der Waals surface area contributed by atoms with E-state index in [0.717, 1.165) is 30.5 Å². The number of rotatable bonds is 8. The molecule has 3 amide bonds. The molecule has 0 saturated carbocycles. The van der Waals surface area contributed by atoms with Crippen LogP contribution in [-0.4, -0.2) is 46.7 Å². The van der Waals surface area contributed by atoms with Crippen LogP contribution in [0.5, 0.6) is 0 Å². The number of carbonyl (C=O) groups excluding carboxylic acids is 3. The quantitative estimate of drug-likeness (QED) is 0.471. The maximum Gasteiger partial charge on any atom is 0.264 e. The first-order valence-electron chi connectivity index (χ1n) is 11.0. The van der Waals surface area contributed by atoms with Gasteiger partial charge in [0, 0.05) is 31.0 Å². The summed E-state index contributed by atoms with van der Waals surface area (Å²) in [4.78, 5) is 43.5. The number of hydrogen-bond donors (Lipinski definition) is 2. The molecule has 3 aromatic rings. The molecule has 1 aromatic carbocycles. The summed E-state index contributed by atoms with van der Waals surface area (Å²) in [7, 11) is 0. The van der Waals surface area contributed by atoms with E-state index < -0.39 is 6.04 Å². The van der Waals surface area contributed by atoms with Crippen molar-refractivity contribution in [1.29, 1.82) is 0 Å². The Bertz CT molecular complexity index is 1110. The predicted molar refractivity (Wildman–Crippen MR) is 132 cm³/mol. The van der Waals surface area contributed by atoms with Crippen LogP contribution in [0.2, 0.25) is 0 Å². The average Bonchev–Trinajstić information content (AvgIpc) is 3.58. The second kappa shape index (κ2) is 10.7. The largest absolute Gasteiger partial charge is 0.356 e. The second-order valence-corrected chi connectivity index (χ2v) is 9.75. The Kier molecular flexibility index (Phi) is 7.51. The van der Waals surface area contributed by atoms with Gasteiger partial charge in [-0.1, -0.05) is 30.3 Å². The lowest BCUT2D eigenvalue weighted by molar-refractivity contribution is -0.120. The summed E-state index contributed by atoms with van der Waals surface area (Å²) < 4.78 is 0. The van der Waals surface area contributed by atoms with Gasteiger partial charge >= 0.3 is 0 Å². The molecule has 1 fully saturated rings. The van der Waals surface area contributed by atoms with Crippen molar-refractivity contribution in [3.05, 3.63) is 57.6 Å². The molecule has 0 bridgehead atoms. The first kappa shape index (κ1) is 23.1. The molecule has 7 nitrogen and oxygen atoms in total. The molecule has 4 rings (SSSR count). The summed E-state index contributed by atoms with van der Waals surface area (Å²) in [6.45, 7) is 2.78. The molecule has 1 aliphatic heterocycles. The molecular formula is C24H26N4O3S2. The number of anilines is 1. The summed E-state index contributed by atoms with van der Waals surface area (Å²) in [5, 5.41) is 10.0. The van der Waals surface area contributed by atoms with Crippen molar-refractivity contribution in [1.82, 2.24) is 15.2 Å². The zero-order chi connectivity index (χ0) is 23.2. The van der Waals surface area contributed by atoms with Crippen molar-refractivity contribution >= 4 is 45.5 Å². The van der Waals surface area contributed by atoms with E-state index in [1.54, 1.807) is 11.0 Å². The molecule has 3 heterocycles. The topological polar surface area (TPSA) is 91.4 Å². The molecule has 2 aromatic heterocycles. The molecular weight excluding hydrogens is 456 g/mol. The number of amides is 3. The molecule has 33 heavy (non-hydrogen) atoms. The number of hydrogen-bond acceptors (Lipinski definition) is 6. The predicted octanol–water partition coefficient (Wildman–Crippen LogP) is 4.18. The number of benzene rings is 1. The van der Waals surface area contributed by atoms with Crippen molar-refractivity contribution in [2.45, 2.75) is 38.6 Å². The lowest BCUT2D eigenvalue weighted by Crippen LogP contribution is -2.42. The highest BCUT2D eigenvalue weighted by Gasteiger charge is 2.35. The molecule has 0 radical (unpaired) electrons. The van der Waals surface area contributed by atoms with Gasteiger partial charge in [-0.05, 0) is 42.7 Å². The third kappa shape index (κ3) is 5.85. The molecule has 0 aliphatic carbocycles. The SMILES string of the molecule is CC(=O)NCCCc1ccc(-c2csc(NC(=O)C3CCCN3C(=O)c3cccs3)n2)cc1. The Hall–Kier alpha value is -3.04. The fourth-order valence-corrected chi connectivity index (χ4v) is 5.28. The van der Waals surface area contributed by atoms with Gasteiger partial charge in [0.25, 0.3) is 5.91 Å². The van der Waals surface area contributed by atoms with Crippen LogP contribution in [0.15, 0.2) is 47.2 Å². The normalized spacial score (nSPS) is 15.4. The highest BCUT2D eigenvalue weighted by atomic mass is 32.1. The molecule has 9 heteroatoms. The van der Waals surface area contributed by atoms with E-state index in [4.69, 9.17) is 0 Å². The van der Waals surface area contributed by atoms with Crippen LogP contribution >= 0.6 is 22.7 Å². The van der Waals surface area contributed by atoms with Crippen molar-refractivity contribution in [3.8, 4) is 11.3 Å². The smallest absolute Gasteiger partial charge is 0.264 e. The highest BCUT2D eigenvalue weighted by Crippen LogP contribution is 2.27. The van der Waals surface area contributed by atoms with E-state index in [2.05, 4.69) is 27.8 Å². The van der Waals surface area contributed by atoms with E-state index in [-0.39, 0.29) is 17.7 Å². The maximum absolute atomic E-state index is 12.9. The van der Waals surface area contributed by atoms with Gasteiger partial charge in [0.15, 0.2) is 5.13 Å². The minimum atomic E-state index is -0.469. The van der Waals surface area contributed by atoms with E-state index in [9.17, 15) is 14.4 Å². The van der Waals surface area contributed by atoms with Crippen molar-refractivity contribution in [3.63, 3.8) is 0 Å². The lowest BCUT2D eigenvalue weighted by Gasteiger charge is -2.22. The molecule has 1 saturated heterocycles. The Morgan fingerprint density at radius 3 is 2.70 bits per heavy atom. The second-order valence-electron chi connectivity index (χ2n) is 7.94. The minimum Gasteiger partial charge on any atom is -0.356 e. The summed E-state index contributed by atoms with van der Waals surface area (Å²) in [5.41, 5.74) is 2.98. The van der Waals surface area contributed by atoms with E-state index in [0.29, 0.717) is 29.5 Å². The zero-order valence-electron chi connectivity index (χ0n) is 18.4. The first-order valence-corrected chi connectivity index (χ1v) is 12.7. The lowest BCUT2D eigenvalue weighted by atomic mass is 10.1. The number of nitrogens with one attached hydrogen (secondary N) is 2. The van der Waals surface area contributed by atoms with Gasteiger partial charge in [0.1, 0.15) is 6.04 Å². The van der Waals surface area contributed by atoms with Crippen molar-refractivity contribution in [2.75, 3.05) is 18.4 Å². The molecule has 2 N–H and O–H groups in total. The van der Waals surface area contributed by atoms with Crippen LogP contribution in [0.25, 0.3) is 11.3 Å². The summed E-state index contributed by atoms with van der Waals surface area (Å²) in [6, 6.07) is 11.3. The number of carbonyl (C=O) groups is 3. The molecule has 1 atom stereocenters. The fourth-order valence-electron chi connectivity index (χ4n) is 3.88. The van der Waals surface area contributed by atoms with Crippen LogP contribution in [0.4, 0.5) is 5.13 Å². The summed E-state index contributed by atoms with van der Waals surface area (Å²) >= 11 is 2.77. The summed E-state index contributed by atoms with van der Waals surface area (Å²) in [6.07, 6.45) is 3.25. The summed E-state index contributed by atoms with van der Waals surface area (Å²) in [5.74, 6) is -0.279. The van der Waals surface area contributed by atoms with Gasteiger partial charge in [-0.3, -0.25) is 14.4 Å². The number of aryl methyl sites for hydroxylation is 1. The molecule has 1 unspecified atom stereocenters. The van der Waals surface area contributed by atoms with Crippen LogP contribution in [0.3, 0.4) is 0 Å². The Labute approximate surface area is 200 Å². The zero-order valence-corrected chi connectivity index (χ0v) is 20.0. The van der Waals surface area contributed by atoms with Gasteiger partial charge in [-0.15, -0.1) is 22.7 Å². The number of aromatic nitrogens is 1. The van der Waals surface area contributed by atoms with E-state index in [1.165, 1.54) is 35.2 Å². The van der Waals surface area contributed by atoms with Crippen LogP contribution in [-0.2, 0) is 16.0 Å². The number of thiazole rings is 1. The van der Waals surface area contributed by atoms with Gasteiger partial charge in [0.05, 0.1) is 10.6 Å². The molecule has 172 valence electrons. The van der Waals surface area contributed by atoms with Gasteiger partial charge in [-0.25, -0.2) is 4.98 Å². The molecule has 0 spiro atoms. The Morgan fingerprint density at radius 1 is 1.15 bits per heavy atom. The van der Waals surface area contributed by atoms with E-state index >= 15 is 0 Å². The monoisotopic (exact) mass is 482 g/mol. The van der Waals surface area contributed by atoms with Crippen LogP contribution in [0, 0.1) is 0 Å². The number of thiophene rings is 1. The number of nitrogens with zero attached hydrogens (tertiary/aromatic N) is 2. The van der Waals surface area contributed by atoms with Gasteiger partial charge < -0.3 is 15.5 Å². The molecule has 1 aliphatic rings. The van der Waals surface area contributed by atoms with Crippen molar-refractivity contribution < 1.29 is 14.4 Å². The first-order chi connectivity index (χ1) is 16.0. The van der Waals surface area contributed by atoms with Gasteiger partial charge in [-0.2, -0.15) is 0 Å². The third-order valence-electron chi connectivity index (χ3n) is 5.55. The van der Waals surface area contributed by atoms with E-state index in [1.807, 2.05) is 29.0 Å². The van der Waals surface area contributed by atoms with Gasteiger partial charge in [0.2, 0.25) is 11.8 Å². The Morgan fingerprint density at radius 2 is 1.97 bits per heavy atom. The fraction of sp³-hybridized carbons (Fsp3) is 0.333. The maximum atomic E-state index is 12.9. The van der Waals surface area contributed by atoms with Crippen molar-refractivity contribution in [2.24, 2.45) is 0 Å². The third-order valence-corrected chi connectivity index (χ3v) is 7.16. The minimum absolute atomic E-state index is 0.00785. The van der Waals surface area contributed by atoms with Crippen LogP contribution < -0.4 is 10.6 Å². The average molecular weight is 483 g/mol.